The average Bonchev–Trinajstić information content (AvgIpc) is 2.67. The summed E-state index contributed by atoms with van der Waals surface area (Å²) in [7, 11) is 0. The Hall–Kier alpha value is -2.94. The van der Waals surface area contributed by atoms with Crippen LogP contribution in [0.15, 0.2) is 59.1 Å². The summed E-state index contributed by atoms with van der Waals surface area (Å²) in [6, 6.07) is 9.56. The maximum Gasteiger partial charge on any atom is 0.432 e. The second kappa shape index (κ2) is 9.25. The lowest BCUT2D eigenvalue weighted by atomic mass is 9.93. The molecule has 30 heavy (non-hydrogen) atoms. The molecule has 0 aliphatic heterocycles. The summed E-state index contributed by atoms with van der Waals surface area (Å²) >= 11 is 1.38. The number of hydrogen-bond acceptors (Lipinski definition) is 4. The lowest BCUT2D eigenvalue weighted by Crippen LogP contribution is -2.40. The molecule has 4 nitrogen and oxygen atoms in total. The molecule has 0 radical (unpaired) electrons. The standard InChI is InChI=1S/C21H17F4NO3S/c1-12(27)26(13(2)28)20(21(23,24)25)18(14-4-8-16(22)9-5-14)19(29)15-6-10-17(30-3)11-7-15/h4-11H,1-3H3. The highest BCUT2D eigenvalue weighted by molar-refractivity contribution is 7.98. The zero-order valence-corrected chi connectivity index (χ0v) is 17.0. The van der Waals surface area contributed by atoms with Gasteiger partial charge in [0.1, 0.15) is 11.5 Å². The largest absolute Gasteiger partial charge is 0.432 e. The van der Waals surface area contributed by atoms with E-state index in [4.69, 9.17) is 0 Å². The lowest BCUT2D eigenvalue weighted by molar-refractivity contribution is -0.151. The lowest BCUT2D eigenvalue weighted by Gasteiger charge is -2.26. The van der Waals surface area contributed by atoms with Gasteiger partial charge in [-0.2, -0.15) is 13.2 Å². The maximum atomic E-state index is 14.1. The number of nitrogens with zero attached hydrogens (tertiary/aromatic N) is 1. The van der Waals surface area contributed by atoms with E-state index in [-0.39, 0.29) is 16.0 Å². The van der Waals surface area contributed by atoms with Gasteiger partial charge in [-0.1, -0.05) is 12.1 Å². The van der Waals surface area contributed by atoms with Gasteiger partial charge in [-0.15, -0.1) is 11.8 Å². The van der Waals surface area contributed by atoms with Crippen LogP contribution in [-0.4, -0.2) is 34.9 Å². The fraction of sp³-hybridized carbons (Fsp3) is 0.190. The third-order valence-corrected chi connectivity index (χ3v) is 4.81. The van der Waals surface area contributed by atoms with Crippen LogP contribution in [0, 0.1) is 5.82 Å². The van der Waals surface area contributed by atoms with Crippen LogP contribution >= 0.6 is 11.8 Å². The first kappa shape index (κ1) is 23.3. The van der Waals surface area contributed by atoms with Gasteiger partial charge >= 0.3 is 6.18 Å². The number of ketones is 1. The van der Waals surface area contributed by atoms with Gasteiger partial charge in [-0.05, 0) is 48.2 Å². The van der Waals surface area contributed by atoms with Crippen molar-refractivity contribution in [1.82, 2.24) is 4.90 Å². The summed E-state index contributed by atoms with van der Waals surface area (Å²) in [5, 5.41) is 0. The number of amides is 2. The van der Waals surface area contributed by atoms with Gasteiger partial charge in [0.15, 0.2) is 5.78 Å². The molecular formula is C21H17F4NO3S. The molecule has 0 saturated carbocycles. The SMILES string of the molecule is CSc1ccc(C(=O)C(=C(N(C(C)=O)C(C)=O)C(F)(F)F)c2ccc(F)cc2)cc1. The number of imide groups is 1. The minimum atomic E-state index is -5.23. The van der Waals surface area contributed by atoms with E-state index >= 15 is 0 Å². The Morgan fingerprint density at radius 1 is 0.833 bits per heavy atom. The van der Waals surface area contributed by atoms with E-state index < -0.39 is 40.9 Å². The number of alkyl halides is 3. The topological polar surface area (TPSA) is 54.5 Å². The molecule has 0 atom stereocenters. The number of carbonyl (C=O) groups excluding carboxylic acids is 3. The Bertz CT molecular complexity index is 982. The summed E-state index contributed by atoms with van der Waals surface area (Å²) in [5.74, 6) is -4.20. The first-order chi connectivity index (χ1) is 14.0. The first-order valence-electron chi connectivity index (χ1n) is 8.54. The summed E-state index contributed by atoms with van der Waals surface area (Å²) in [5.41, 5.74) is -3.01. The van der Waals surface area contributed by atoms with Crippen LogP contribution in [0.25, 0.3) is 5.57 Å². The summed E-state index contributed by atoms with van der Waals surface area (Å²) in [4.78, 5) is 37.7. The van der Waals surface area contributed by atoms with Crippen molar-refractivity contribution in [2.75, 3.05) is 6.26 Å². The third kappa shape index (κ3) is 5.15. The predicted molar refractivity (Wildman–Crippen MR) is 105 cm³/mol. The molecule has 2 amide bonds. The number of hydrogen-bond donors (Lipinski definition) is 0. The van der Waals surface area contributed by atoms with Gasteiger partial charge in [0.05, 0.1) is 5.57 Å². The second-order valence-electron chi connectivity index (χ2n) is 6.16. The summed E-state index contributed by atoms with van der Waals surface area (Å²) < 4.78 is 55.6. The molecule has 0 fully saturated rings. The fourth-order valence-corrected chi connectivity index (χ4v) is 3.20. The van der Waals surface area contributed by atoms with Gasteiger partial charge in [0, 0.05) is 24.3 Å². The molecule has 0 spiro atoms. The Balaban J connectivity index is 2.88. The van der Waals surface area contributed by atoms with Gasteiger partial charge in [-0.25, -0.2) is 9.29 Å². The number of allylic oxidation sites excluding steroid dienone is 2. The van der Waals surface area contributed by atoms with Gasteiger partial charge < -0.3 is 0 Å². The number of halogens is 4. The molecule has 0 aliphatic carbocycles. The van der Waals surface area contributed by atoms with Crippen LogP contribution in [0.4, 0.5) is 17.6 Å². The van der Waals surface area contributed by atoms with Crippen LogP contribution in [0.2, 0.25) is 0 Å². The van der Waals surface area contributed by atoms with Crippen molar-refractivity contribution in [1.29, 1.82) is 0 Å². The van der Waals surface area contributed by atoms with E-state index in [2.05, 4.69) is 0 Å². The normalized spacial score (nSPS) is 12.2. The Morgan fingerprint density at radius 3 is 1.70 bits per heavy atom. The molecule has 2 aromatic rings. The van der Waals surface area contributed by atoms with Crippen LogP contribution in [0.3, 0.4) is 0 Å². The number of thioether (sulfide) groups is 1. The van der Waals surface area contributed by atoms with Gasteiger partial charge in [0.2, 0.25) is 11.8 Å². The maximum absolute atomic E-state index is 14.1. The molecule has 0 bridgehead atoms. The molecule has 0 N–H and O–H groups in total. The Kier molecular flexibility index (Phi) is 7.20. The highest BCUT2D eigenvalue weighted by atomic mass is 32.2. The van der Waals surface area contributed by atoms with E-state index in [0.29, 0.717) is 0 Å². The van der Waals surface area contributed by atoms with Crippen molar-refractivity contribution in [3.05, 3.63) is 71.2 Å². The van der Waals surface area contributed by atoms with Crippen molar-refractivity contribution in [2.45, 2.75) is 24.9 Å². The van der Waals surface area contributed by atoms with E-state index in [1.165, 1.54) is 23.9 Å². The average molecular weight is 439 g/mol. The quantitative estimate of drug-likeness (QED) is 0.282. The molecule has 9 heteroatoms. The number of carbonyl (C=O) groups is 3. The van der Waals surface area contributed by atoms with Gasteiger partial charge in [0.25, 0.3) is 0 Å². The molecule has 0 aliphatic rings. The zero-order chi connectivity index (χ0) is 22.6. The van der Waals surface area contributed by atoms with E-state index in [9.17, 15) is 31.9 Å². The molecule has 2 aromatic carbocycles. The molecule has 0 aromatic heterocycles. The van der Waals surface area contributed by atoms with Crippen molar-refractivity contribution < 1.29 is 31.9 Å². The van der Waals surface area contributed by atoms with Gasteiger partial charge in [-0.3, -0.25) is 14.4 Å². The highest BCUT2D eigenvalue weighted by Gasteiger charge is 2.45. The Labute approximate surface area is 174 Å². The number of rotatable bonds is 5. The first-order valence-corrected chi connectivity index (χ1v) is 9.77. The summed E-state index contributed by atoms with van der Waals surface area (Å²) in [6.45, 7) is 1.57. The molecule has 2 rings (SSSR count). The minimum absolute atomic E-state index is 0.0825. The minimum Gasteiger partial charge on any atom is -0.289 e. The van der Waals surface area contributed by atoms with E-state index in [1.807, 2.05) is 0 Å². The molecular weight excluding hydrogens is 422 g/mol. The molecule has 0 saturated heterocycles. The van der Waals surface area contributed by atoms with Crippen LogP contribution in [-0.2, 0) is 9.59 Å². The zero-order valence-electron chi connectivity index (χ0n) is 16.2. The monoisotopic (exact) mass is 439 g/mol. The van der Waals surface area contributed by atoms with Crippen molar-refractivity contribution in [3.8, 4) is 0 Å². The van der Waals surface area contributed by atoms with Crippen molar-refractivity contribution >= 4 is 34.9 Å². The van der Waals surface area contributed by atoms with E-state index in [1.54, 1.807) is 18.4 Å². The highest BCUT2D eigenvalue weighted by Crippen LogP contribution is 2.37. The Morgan fingerprint density at radius 2 is 1.30 bits per heavy atom. The van der Waals surface area contributed by atoms with Crippen LogP contribution < -0.4 is 0 Å². The number of benzene rings is 2. The van der Waals surface area contributed by atoms with Crippen molar-refractivity contribution in [2.24, 2.45) is 0 Å². The number of Topliss-reactive ketones (excluding diaryl/α,β-unsaturated/α-hetero) is 1. The molecule has 0 unspecified atom stereocenters. The van der Waals surface area contributed by atoms with Crippen LogP contribution in [0.5, 0.6) is 0 Å². The second-order valence-corrected chi connectivity index (χ2v) is 7.04. The van der Waals surface area contributed by atoms with E-state index in [0.717, 1.165) is 43.0 Å². The predicted octanol–water partition coefficient (Wildman–Crippen LogP) is 5.10. The summed E-state index contributed by atoms with van der Waals surface area (Å²) in [6.07, 6.45) is -3.43. The van der Waals surface area contributed by atoms with Crippen LogP contribution in [0.1, 0.15) is 29.8 Å². The fourth-order valence-electron chi connectivity index (χ4n) is 2.80. The van der Waals surface area contributed by atoms with Crippen molar-refractivity contribution in [3.63, 3.8) is 0 Å². The molecule has 0 heterocycles. The third-order valence-electron chi connectivity index (χ3n) is 4.07. The molecule has 158 valence electrons. The smallest absolute Gasteiger partial charge is 0.289 e.